The summed E-state index contributed by atoms with van der Waals surface area (Å²) in [6.45, 7) is 9.29. The highest BCUT2D eigenvalue weighted by molar-refractivity contribution is 5.96. The number of quaternary nitrogens is 1. The highest BCUT2D eigenvalue weighted by atomic mass is 19.4. The van der Waals surface area contributed by atoms with Gasteiger partial charge in [-0.3, -0.25) is 9.59 Å². The highest BCUT2D eigenvalue weighted by Crippen LogP contribution is 2.41. The molecular formula is C32H37F4N3O6. The smallest absolute Gasteiger partial charge is 0.430 e. The van der Waals surface area contributed by atoms with Crippen LogP contribution in [0.1, 0.15) is 45.6 Å². The molecule has 13 heteroatoms. The Bertz CT molecular complexity index is 1460. The van der Waals surface area contributed by atoms with Crippen molar-refractivity contribution < 1.29 is 47.0 Å². The number of nitrogens with two attached hydrogens (primary N) is 1. The fourth-order valence-corrected chi connectivity index (χ4v) is 5.16. The average Bonchev–Trinajstić information content (AvgIpc) is 3.33. The number of hydrogen-bond donors (Lipinski definition) is 2. The minimum Gasteiger partial charge on any atom is -0.542 e. The third kappa shape index (κ3) is 9.55. The van der Waals surface area contributed by atoms with Gasteiger partial charge in [-0.2, -0.15) is 13.2 Å². The maximum absolute atomic E-state index is 13.5. The first-order valence-electron chi connectivity index (χ1n) is 14.6. The quantitative estimate of drug-likeness (QED) is 0.232. The minimum absolute atomic E-state index is 0.0941. The Morgan fingerprint density at radius 1 is 1.02 bits per heavy atom. The lowest BCUT2D eigenvalue weighted by molar-refractivity contribution is -0.672. The molecule has 0 spiro atoms. The molecule has 2 aromatic carbocycles. The number of anilines is 1. The number of alkyl halides is 3. The minimum atomic E-state index is -5.19. The van der Waals surface area contributed by atoms with Gasteiger partial charge in [0.05, 0.1) is 31.0 Å². The van der Waals surface area contributed by atoms with Gasteiger partial charge in [-0.1, -0.05) is 19.1 Å². The van der Waals surface area contributed by atoms with Gasteiger partial charge in [-0.15, -0.1) is 0 Å². The number of carboxylic acid groups (broad SMARTS) is 1. The van der Waals surface area contributed by atoms with Crippen LogP contribution in [0.2, 0.25) is 0 Å². The summed E-state index contributed by atoms with van der Waals surface area (Å²) in [6.07, 6.45) is -1.27. The number of aromatic nitrogens is 1. The summed E-state index contributed by atoms with van der Waals surface area (Å²) in [5.74, 6) is -1.76. The molecule has 2 heterocycles. The van der Waals surface area contributed by atoms with Crippen molar-refractivity contribution >= 4 is 17.6 Å². The standard InChI is InChI=1S/C30H36FN3O4.C2HF3O2/c1-4-30(17-28(36)34(20-30)24-11-12-27(35)33-19-24)13-14-32-18-21-15-25(37-5-2)29(26(16-21)38-6-3)22-7-9-23(31)10-8-22;3-2(4,5)1(6)7/h7-12,15-16,19,32H,4-6,13-14,17-18,20H2,1-3H3,(H,33,35);(H,6,7). The fraction of sp³-hybridized carbons (Fsp3) is 0.406. The van der Waals surface area contributed by atoms with Crippen molar-refractivity contribution in [3.05, 3.63) is 76.5 Å². The Balaban J connectivity index is 0.000000707. The molecular weight excluding hydrogens is 598 g/mol. The second kappa shape index (κ2) is 15.6. The average molecular weight is 636 g/mol. The molecule has 45 heavy (non-hydrogen) atoms. The van der Waals surface area contributed by atoms with E-state index < -0.39 is 12.1 Å². The van der Waals surface area contributed by atoms with Crippen molar-refractivity contribution in [3.8, 4) is 22.6 Å². The van der Waals surface area contributed by atoms with Crippen LogP contribution in [-0.2, 0) is 16.1 Å². The molecule has 0 bridgehead atoms. The molecule has 1 aliphatic heterocycles. The largest absolute Gasteiger partial charge is 0.542 e. The fourth-order valence-electron chi connectivity index (χ4n) is 5.16. The van der Waals surface area contributed by atoms with Gasteiger partial charge in [-0.05, 0) is 56.2 Å². The molecule has 3 aromatic rings. The number of nitrogens with zero attached hydrogens (tertiary/aromatic N) is 1. The summed E-state index contributed by atoms with van der Waals surface area (Å²) in [5, 5.41) is 11.0. The lowest BCUT2D eigenvalue weighted by Gasteiger charge is -2.26. The van der Waals surface area contributed by atoms with E-state index >= 15 is 0 Å². The van der Waals surface area contributed by atoms with Crippen molar-refractivity contribution in [2.75, 3.05) is 31.2 Å². The molecule has 0 aliphatic carbocycles. The van der Waals surface area contributed by atoms with E-state index in [0.717, 1.165) is 59.8 Å². The molecule has 0 saturated carbocycles. The number of carbonyl (C=O) groups is 2. The summed E-state index contributed by atoms with van der Waals surface area (Å²) in [7, 11) is 0. The number of H-pyrrole nitrogens is 1. The van der Waals surface area contributed by atoms with Gasteiger partial charge in [0, 0.05) is 42.6 Å². The van der Waals surface area contributed by atoms with Crippen molar-refractivity contribution in [1.82, 2.24) is 4.98 Å². The zero-order valence-corrected chi connectivity index (χ0v) is 25.3. The van der Waals surface area contributed by atoms with E-state index in [0.29, 0.717) is 26.2 Å². The molecule has 1 aromatic heterocycles. The monoisotopic (exact) mass is 635 g/mol. The molecule has 0 radical (unpaired) electrons. The van der Waals surface area contributed by atoms with Gasteiger partial charge < -0.3 is 34.6 Å². The summed E-state index contributed by atoms with van der Waals surface area (Å²) in [5.41, 5.74) is 3.21. The van der Waals surface area contributed by atoms with Crippen LogP contribution in [0.25, 0.3) is 11.1 Å². The number of pyridine rings is 1. The normalized spacial score (nSPS) is 16.2. The Kier molecular flexibility index (Phi) is 12.1. The second-order valence-corrected chi connectivity index (χ2v) is 10.6. The van der Waals surface area contributed by atoms with E-state index in [9.17, 15) is 27.2 Å². The number of benzene rings is 2. The lowest BCUT2D eigenvalue weighted by atomic mass is 9.81. The van der Waals surface area contributed by atoms with Crippen LogP contribution in [0.3, 0.4) is 0 Å². The Labute approximate surface area is 258 Å². The maximum atomic E-state index is 13.5. The molecule has 1 fully saturated rings. The first-order valence-corrected chi connectivity index (χ1v) is 14.6. The predicted molar refractivity (Wildman–Crippen MR) is 157 cm³/mol. The predicted octanol–water partition coefficient (Wildman–Crippen LogP) is 3.56. The number of aromatic amines is 1. The number of carbonyl (C=O) groups excluding carboxylic acids is 2. The van der Waals surface area contributed by atoms with Crippen LogP contribution in [0.4, 0.5) is 23.2 Å². The van der Waals surface area contributed by atoms with Gasteiger partial charge in [-0.25, -0.2) is 4.39 Å². The Hall–Kier alpha value is -4.39. The summed E-state index contributed by atoms with van der Waals surface area (Å²) >= 11 is 0. The summed E-state index contributed by atoms with van der Waals surface area (Å²) in [4.78, 5) is 37.5. The van der Waals surface area contributed by atoms with Crippen molar-refractivity contribution in [2.24, 2.45) is 5.41 Å². The van der Waals surface area contributed by atoms with E-state index in [-0.39, 0.29) is 22.7 Å². The van der Waals surface area contributed by atoms with Crippen molar-refractivity contribution in [2.45, 2.75) is 52.8 Å². The molecule has 4 rings (SSSR count). The van der Waals surface area contributed by atoms with E-state index in [1.165, 1.54) is 18.2 Å². The Morgan fingerprint density at radius 2 is 1.62 bits per heavy atom. The topological polar surface area (TPSA) is 128 Å². The molecule has 3 N–H and O–H groups in total. The molecule has 244 valence electrons. The molecule has 1 saturated heterocycles. The highest BCUT2D eigenvalue weighted by Gasteiger charge is 2.42. The van der Waals surface area contributed by atoms with Crippen LogP contribution in [0.15, 0.2) is 59.5 Å². The number of aliphatic carboxylic acids is 1. The molecule has 9 nitrogen and oxygen atoms in total. The summed E-state index contributed by atoms with van der Waals surface area (Å²) in [6, 6.07) is 13.6. The van der Waals surface area contributed by atoms with E-state index in [4.69, 9.17) is 19.4 Å². The Morgan fingerprint density at radius 3 is 2.11 bits per heavy atom. The van der Waals surface area contributed by atoms with Crippen molar-refractivity contribution in [1.29, 1.82) is 0 Å². The van der Waals surface area contributed by atoms with Crippen LogP contribution in [-0.4, -0.2) is 49.3 Å². The van der Waals surface area contributed by atoms with Crippen molar-refractivity contribution in [3.63, 3.8) is 0 Å². The number of hydrogen-bond acceptors (Lipinski definition) is 6. The van der Waals surface area contributed by atoms with Crippen LogP contribution < -0.4 is 30.4 Å². The van der Waals surface area contributed by atoms with Gasteiger partial charge in [0.2, 0.25) is 11.5 Å². The zero-order chi connectivity index (χ0) is 33.2. The first-order chi connectivity index (χ1) is 21.3. The third-order valence-corrected chi connectivity index (χ3v) is 7.50. The second-order valence-electron chi connectivity index (χ2n) is 10.6. The number of rotatable bonds is 12. The first kappa shape index (κ1) is 35.1. The number of halogens is 4. The van der Waals surface area contributed by atoms with Crippen LogP contribution in [0.5, 0.6) is 11.5 Å². The number of carboxylic acids is 1. The molecule has 1 unspecified atom stereocenters. The van der Waals surface area contributed by atoms with Crippen LogP contribution in [0, 0.1) is 11.2 Å². The number of nitrogens with one attached hydrogen (secondary N) is 1. The number of ether oxygens (including phenoxy) is 2. The molecule has 1 atom stereocenters. The third-order valence-electron chi connectivity index (χ3n) is 7.50. The van der Waals surface area contributed by atoms with Gasteiger partial charge in [0.25, 0.3) is 0 Å². The lowest BCUT2D eigenvalue weighted by Crippen LogP contribution is -2.83. The zero-order valence-electron chi connectivity index (χ0n) is 25.3. The van der Waals surface area contributed by atoms with Gasteiger partial charge in [0.15, 0.2) is 0 Å². The van der Waals surface area contributed by atoms with E-state index in [1.54, 1.807) is 29.3 Å². The van der Waals surface area contributed by atoms with E-state index in [2.05, 4.69) is 17.2 Å². The molecule has 1 amide bonds. The summed E-state index contributed by atoms with van der Waals surface area (Å²) < 4.78 is 57.1. The van der Waals surface area contributed by atoms with Gasteiger partial charge in [0.1, 0.15) is 29.8 Å². The van der Waals surface area contributed by atoms with E-state index in [1.807, 2.05) is 26.0 Å². The maximum Gasteiger partial charge on any atom is 0.430 e. The SMILES string of the molecule is CCOc1cc(C[NH2+]CCC2(CC)CC(=O)N(c3ccc(=O)[nH]c3)C2)cc(OCC)c1-c1ccc(F)cc1.O=C([O-])C(F)(F)F. The number of amides is 1. The van der Waals surface area contributed by atoms with Gasteiger partial charge >= 0.3 is 6.18 Å². The molecule has 1 aliphatic rings. The van der Waals surface area contributed by atoms with Crippen LogP contribution >= 0.6 is 0 Å².